The summed E-state index contributed by atoms with van der Waals surface area (Å²) in [6, 6.07) is 5.61. The standard InChI is InChI=1S/C12H16ClFN2/c1-8-7-9(15)5-6-16(8)11-4-2-3-10(13)12(11)14/h2-4,8-9H,5-7,15H2,1H3. The summed E-state index contributed by atoms with van der Waals surface area (Å²) in [5.74, 6) is -0.327. The number of anilines is 1. The van der Waals surface area contributed by atoms with Crippen LogP contribution in [0.15, 0.2) is 18.2 Å². The fourth-order valence-electron chi connectivity index (χ4n) is 2.28. The summed E-state index contributed by atoms with van der Waals surface area (Å²) in [7, 11) is 0. The van der Waals surface area contributed by atoms with Gasteiger partial charge in [-0.2, -0.15) is 0 Å². The Kier molecular flexibility index (Phi) is 3.36. The summed E-state index contributed by atoms with van der Waals surface area (Å²) in [5.41, 5.74) is 6.48. The predicted octanol–water partition coefficient (Wildman–Crippen LogP) is 2.80. The molecule has 1 aromatic carbocycles. The van der Waals surface area contributed by atoms with Crippen molar-refractivity contribution >= 4 is 17.3 Å². The maximum Gasteiger partial charge on any atom is 0.165 e. The number of hydrogen-bond donors (Lipinski definition) is 1. The van der Waals surface area contributed by atoms with Gasteiger partial charge in [0.1, 0.15) is 0 Å². The molecule has 0 amide bonds. The van der Waals surface area contributed by atoms with E-state index >= 15 is 0 Å². The molecule has 4 heteroatoms. The van der Waals surface area contributed by atoms with Crippen molar-refractivity contribution in [2.24, 2.45) is 5.73 Å². The number of nitrogens with zero attached hydrogens (tertiary/aromatic N) is 1. The summed E-state index contributed by atoms with van der Waals surface area (Å²) in [6.45, 7) is 2.86. The van der Waals surface area contributed by atoms with Crippen molar-refractivity contribution in [2.75, 3.05) is 11.4 Å². The molecule has 0 radical (unpaired) electrons. The van der Waals surface area contributed by atoms with Gasteiger partial charge in [0.05, 0.1) is 10.7 Å². The number of benzene rings is 1. The number of hydrogen-bond acceptors (Lipinski definition) is 2. The van der Waals surface area contributed by atoms with Gasteiger partial charge in [-0.25, -0.2) is 4.39 Å². The van der Waals surface area contributed by atoms with Crippen LogP contribution in [0, 0.1) is 5.82 Å². The van der Waals surface area contributed by atoms with Crippen molar-refractivity contribution in [1.82, 2.24) is 0 Å². The molecule has 1 aliphatic rings. The summed E-state index contributed by atoms with van der Waals surface area (Å²) in [6.07, 6.45) is 1.79. The molecule has 1 aromatic rings. The van der Waals surface area contributed by atoms with Crippen LogP contribution in [-0.4, -0.2) is 18.6 Å². The zero-order valence-electron chi connectivity index (χ0n) is 9.29. The van der Waals surface area contributed by atoms with E-state index in [1.807, 2.05) is 4.90 Å². The van der Waals surface area contributed by atoms with Gasteiger partial charge < -0.3 is 10.6 Å². The molecule has 0 aromatic heterocycles. The Morgan fingerprint density at radius 1 is 1.50 bits per heavy atom. The molecule has 1 aliphatic heterocycles. The molecule has 1 heterocycles. The Hall–Kier alpha value is -0.800. The molecule has 2 rings (SSSR count). The molecule has 0 aliphatic carbocycles. The largest absolute Gasteiger partial charge is 0.366 e. The lowest BCUT2D eigenvalue weighted by Gasteiger charge is -2.38. The van der Waals surface area contributed by atoms with Crippen LogP contribution in [0.5, 0.6) is 0 Å². The van der Waals surface area contributed by atoms with Gasteiger partial charge in [0.2, 0.25) is 0 Å². The van der Waals surface area contributed by atoms with E-state index < -0.39 is 0 Å². The molecule has 1 fully saturated rings. The Bertz CT molecular complexity index is 383. The maximum absolute atomic E-state index is 13.9. The van der Waals surface area contributed by atoms with Gasteiger partial charge in [-0.05, 0) is 31.9 Å². The summed E-state index contributed by atoms with van der Waals surface area (Å²) in [4.78, 5) is 2.05. The second-order valence-corrected chi connectivity index (χ2v) is 4.81. The molecule has 0 saturated carbocycles. The fraction of sp³-hybridized carbons (Fsp3) is 0.500. The quantitative estimate of drug-likeness (QED) is 0.821. The third-order valence-corrected chi connectivity index (χ3v) is 3.45. The Balaban J connectivity index is 2.27. The van der Waals surface area contributed by atoms with E-state index in [2.05, 4.69) is 6.92 Å². The average molecular weight is 243 g/mol. The highest BCUT2D eigenvalue weighted by Crippen LogP contribution is 2.30. The number of halogens is 2. The summed E-state index contributed by atoms with van der Waals surface area (Å²) >= 11 is 5.78. The smallest absolute Gasteiger partial charge is 0.165 e. The molecule has 0 bridgehead atoms. The molecule has 2 unspecified atom stereocenters. The first kappa shape index (κ1) is 11.7. The highest BCUT2D eigenvalue weighted by Gasteiger charge is 2.25. The van der Waals surface area contributed by atoms with Gasteiger partial charge >= 0.3 is 0 Å². The first-order chi connectivity index (χ1) is 7.59. The first-order valence-electron chi connectivity index (χ1n) is 5.56. The molecule has 2 N–H and O–H groups in total. The Morgan fingerprint density at radius 3 is 2.94 bits per heavy atom. The minimum absolute atomic E-state index is 0.180. The molecule has 2 nitrogen and oxygen atoms in total. The molecule has 2 atom stereocenters. The van der Waals surface area contributed by atoms with E-state index in [4.69, 9.17) is 17.3 Å². The highest BCUT2D eigenvalue weighted by atomic mass is 35.5. The van der Waals surface area contributed by atoms with Crippen LogP contribution in [0.3, 0.4) is 0 Å². The number of piperidine rings is 1. The zero-order valence-corrected chi connectivity index (χ0v) is 10.0. The van der Waals surface area contributed by atoms with Crippen LogP contribution in [0.1, 0.15) is 19.8 Å². The van der Waals surface area contributed by atoms with Crippen molar-refractivity contribution in [3.63, 3.8) is 0 Å². The third-order valence-electron chi connectivity index (χ3n) is 3.16. The minimum Gasteiger partial charge on any atom is -0.366 e. The summed E-state index contributed by atoms with van der Waals surface area (Å²) in [5, 5.41) is 0.180. The highest BCUT2D eigenvalue weighted by molar-refractivity contribution is 6.31. The Morgan fingerprint density at radius 2 is 2.25 bits per heavy atom. The first-order valence-corrected chi connectivity index (χ1v) is 5.93. The molecule has 88 valence electrons. The predicted molar refractivity (Wildman–Crippen MR) is 65.4 cm³/mol. The van der Waals surface area contributed by atoms with Crippen molar-refractivity contribution in [3.8, 4) is 0 Å². The molecule has 1 saturated heterocycles. The van der Waals surface area contributed by atoms with E-state index in [0.717, 1.165) is 19.4 Å². The van der Waals surface area contributed by atoms with Gasteiger partial charge in [-0.1, -0.05) is 17.7 Å². The van der Waals surface area contributed by atoms with Crippen molar-refractivity contribution in [3.05, 3.63) is 29.0 Å². The molecule has 16 heavy (non-hydrogen) atoms. The second-order valence-electron chi connectivity index (χ2n) is 4.40. The van der Waals surface area contributed by atoms with Crippen LogP contribution in [0.25, 0.3) is 0 Å². The maximum atomic E-state index is 13.9. The zero-order chi connectivity index (χ0) is 11.7. The third kappa shape index (κ3) is 2.15. The lowest BCUT2D eigenvalue weighted by Crippen LogP contribution is -2.46. The average Bonchev–Trinajstić information content (AvgIpc) is 2.23. The number of rotatable bonds is 1. The van der Waals surface area contributed by atoms with Crippen LogP contribution in [0.2, 0.25) is 5.02 Å². The van der Waals surface area contributed by atoms with Crippen molar-refractivity contribution in [2.45, 2.75) is 31.8 Å². The van der Waals surface area contributed by atoms with Crippen molar-refractivity contribution < 1.29 is 4.39 Å². The molecule has 0 spiro atoms. The van der Waals surface area contributed by atoms with E-state index in [9.17, 15) is 4.39 Å². The van der Waals surface area contributed by atoms with Crippen LogP contribution in [-0.2, 0) is 0 Å². The van der Waals surface area contributed by atoms with Gasteiger partial charge in [0.25, 0.3) is 0 Å². The van der Waals surface area contributed by atoms with Crippen molar-refractivity contribution in [1.29, 1.82) is 0 Å². The van der Waals surface area contributed by atoms with Gasteiger partial charge in [-0.3, -0.25) is 0 Å². The topological polar surface area (TPSA) is 29.3 Å². The second kappa shape index (κ2) is 4.60. The van der Waals surface area contributed by atoms with Crippen LogP contribution < -0.4 is 10.6 Å². The lowest BCUT2D eigenvalue weighted by atomic mass is 9.98. The molecular formula is C12H16ClFN2. The minimum atomic E-state index is -0.327. The van der Waals surface area contributed by atoms with E-state index in [-0.39, 0.29) is 22.9 Å². The van der Waals surface area contributed by atoms with E-state index in [1.165, 1.54) is 0 Å². The normalized spacial score (nSPS) is 25.9. The van der Waals surface area contributed by atoms with Gasteiger partial charge in [0, 0.05) is 18.6 Å². The van der Waals surface area contributed by atoms with Gasteiger partial charge in [0.15, 0.2) is 5.82 Å². The summed E-state index contributed by atoms with van der Waals surface area (Å²) < 4.78 is 13.9. The van der Waals surface area contributed by atoms with Crippen LogP contribution in [0.4, 0.5) is 10.1 Å². The Labute approximate surface area is 100 Å². The molecular weight excluding hydrogens is 227 g/mol. The van der Waals surface area contributed by atoms with Crippen LogP contribution >= 0.6 is 11.6 Å². The van der Waals surface area contributed by atoms with E-state index in [0.29, 0.717) is 5.69 Å². The van der Waals surface area contributed by atoms with Gasteiger partial charge in [-0.15, -0.1) is 0 Å². The fourth-order valence-corrected chi connectivity index (χ4v) is 2.45. The van der Waals surface area contributed by atoms with E-state index in [1.54, 1.807) is 18.2 Å². The lowest BCUT2D eigenvalue weighted by molar-refractivity contribution is 0.425. The monoisotopic (exact) mass is 242 g/mol. The number of nitrogens with two attached hydrogens (primary N) is 1. The SMILES string of the molecule is CC1CC(N)CCN1c1cccc(Cl)c1F.